The number of aliphatic hydroxyl groups excluding tert-OH is 2. The van der Waals surface area contributed by atoms with Crippen LogP contribution in [0.25, 0.3) is 0 Å². The Bertz CT molecular complexity index is 629. The molecule has 0 bridgehead atoms. The SMILES string of the molecule is CCCCCCCCCCCCCCCCCC[N+](C)(C)CC(O)COCC(O)C[N+](C)(C)CCCCCCCCCCCCCCCCCC. The second-order valence-electron chi connectivity index (χ2n) is 18.1. The van der Waals surface area contributed by atoms with Crippen LogP contribution in [0.3, 0.4) is 0 Å². The van der Waals surface area contributed by atoms with Crippen LogP contribution in [0, 0.1) is 0 Å². The second-order valence-corrected chi connectivity index (χ2v) is 18.1. The smallest absolute Gasteiger partial charge is 0.126 e. The Morgan fingerprint density at radius 2 is 0.529 bits per heavy atom. The van der Waals surface area contributed by atoms with Crippen molar-refractivity contribution in [2.24, 2.45) is 0 Å². The van der Waals surface area contributed by atoms with Gasteiger partial charge in [0.2, 0.25) is 0 Å². The van der Waals surface area contributed by atoms with Crippen LogP contribution < -0.4 is 0 Å². The average Bonchev–Trinajstić information content (AvgIpc) is 3.07. The first-order valence-electron chi connectivity index (χ1n) is 23.2. The minimum atomic E-state index is -0.485. The molecule has 0 aliphatic rings. The molecule has 0 saturated carbocycles. The van der Waals surface area contributed by atoms with Crippen LogP contribution in [-0.4, -0.2) is 99.0 Å². The van der Waals surface area contributed by atoms with E-state index in [1.165, 1.54) is 205 Å². The standard InChI is InChI=1S/C46H98N2O3/c1-7-9-11-13-15-17-19-21-23-25-27-29-31-33-35-37-39-47(3,4)41-45(49)43-51-44-46(50)42-48(5,6)40-38-36-34-32-30-28-26-24-22-20-18-16-14-12-10-8-2/h45-46,49-50H,7-44H2,1-6H3/q+2. The van der Waals surface area contributed by atoms with Gasteiger partial charge in [-0.3, -0.25) is 0 Å². The average molecular weight is 727 g/mol. The summed E-state index contributed by atoms with van der Waals surface area (Å²) in [6.07, 6.45) is 43.7. The Labute approximate surface area is 322 Å². The van der Waals surface area contributed by atoms with E-state index < -0.39 is 12.2 Å². The first kappa shape index (κ1) is 50.8. The summed E-state index contributed by atoms with van der Waals surface area (Å²) >= 11 is 0. The van der Waals surface area contributed by atoms with E-state index in [0.29, 0.717) is 26.3 Å². The third kappa shape index (κ3) is 39.3. The normalized spacial score (nSPS) is 13.6. The fourth-order valence-electron chi connectivity index (χ4n) is 7.95. The minimum Gasteiger partial charge on any atom is -0.385 e. The molecule has 0 radical (unpaired) electrons. The summed E-state index contributed by atoms with van der Waals surface area (Å²) in [7, 11) is 8.90. The van der Waals surface area contributed by atoms with Gasteiger partial charge in [0.05, 0.1) is 54.5 Å². The maximum Gasteiger partial charge on any atom is 0.126 e. The molecule has 2 N–H and O–H groups in total. The summed E-state index contributed by atoms with van der Waals surface area (Å²) in [6.45, 7) is 8.82. The summed E-state index contributed by atoms with van der Waals surface area (Å²) in [4.78, 5) is 0. The zero-order valence-corrected chi connectivity index (χ0v) is 36.2. The van der Waals surface area contributed by atoms with Crippen LogP contribution >= 0.6 is 0 Å². The Morgan fingerprint density at radius 3 is 0.745 bits per heavy atom. The van der Waals surface area contributed by atoms with Crippen molar-refractivity contribution in [3.8, 4) is 0 Å². The summed E-state index contributed by atoms with van der Waals surface area (Å²) < 4.78 is 7.46. The Kier molecular flexibility index (Phi) is 36.6. The fourth-order valence-corrected chi connectivity index (χ4v) is 7.95. The van der Waals surface area contributed by atoms with Gasteiger partial charge in [0.1, 0.15) is 25.3 Å². The molecule has 0 aliphatic heterocycles. The van der Waals surface area contributed by atoms with Crippen molar-refractivity contribution in [1.29, 1.82) is 0 Å². The maximum atomic E-state index is 10.6. The highest BCUT2D eigenvalue weighted by atomic mass is 16.5. The van der Waals surface area contributed by atoms with E-state index in [-0.39, 0.29) is 0 Å². The van der Waals surface area contributed by atoms with Gasteiger partial charge in [-0.1, -0.05) is 194 Å². The van der Waals surface area contributed by atoms with Crippen LogP contribution in [0.2, 0.25) is 0 Å². The minimum absolute atomic E-state index is 0.310. The number of ether oxygens (including phenoxy) is 1. The van der Waals surface area contributed by atoms with Crippen molar-refractivity contribution in [3.63, 3.8) is 0 Å². The Hall–Kier alpha value is -0.200. The van der Waals surface area contributed by atoms with Gasteiger partial charge in [0.25, 0.3) is 0 Å². The molecule has 0 rings (SSSR count). The highest BCUT2D eigenvalue weighted by Gasteiger charge is 2.23. The summed E-state index contributed by atoms with van der Waals surface area (Å²) in [6, 6.07) is 0. The zero-order valence-electron chi connectivity index (χ0n) is 36.2. The van der Waals surface area contributed by atoms with Crippen molar-refractivity contribution in [3.05, 3.63) is 0 Å². The lowest BCUT2D eigenvalue weighted by Crippen LogP contribution is -2.48. The van der Waals surface area contributed by atoms with Crippen LogP contribution in [0.5, 0.6) is 0 Å². The van der Waals surface area contributed by atoms with Gasteiger partial charge in [-0.2, -0.15) is 0 Å². The molecular weight excluding hydrogens is 629 g/mol. The first-order valence-corrected chi connectivity index (χ1v) is 23.2. The number of unbranched alkanes of at least 4 members (excludes halogenated alkanes) is 30. The van der Waals surface area contributed by atoms with Crippen molar-refractivity contribution < 1.29 is 23.9 Å². The number of aliphatic hydroxyl groups is 2. The van der Waals surface area contributed by atoms with E-state index in [1.54, 1.807) is 0 Å². The molecule has 2 atom stereocenters. The quantitative estimate of drug-likeness (QED) is 0.0486. The number of nitrogens with zero attached hydrogens (tertiary/aromatic N) is 2. The van der Waals surface area contributed by atoms with Gasteiger partial charge in [-0.25, -0.2) is 0 Å². The molecule has 5 heteroatoms. The van der Waals surface area contributed by atoms with Crippen molar-refractivity contribution in [2.75, 3.05) is 67.6 Å². The third-order valence-electron chi connectivity index (χ3n) is 11.3. The van der Waals surface area contributed by atoms with E-state index in [0.717, 1.165) is 22.1 Å². The van der Waals surface area contributed by atoms with Crippen LogP contribution in [0.15, 0.2) is 0 Å². The molecule has 0 aliphatic carbocycles. The van der Waals surface area contributed by atoms with Gasteiger partial charge < -0.3 is 23.9 Å². The lowest BCUT2D eigenvalue weighted by molar-refractivity contribution is -0.894. The number of likely N-dealkylation sites (N-methyl/N-ethyl adjacent to an activating group) is 2. The van der Waals surface area contributed by atoms with Gasteiger partial charge in [0, 0.05) is 0 Å². The van der Waals surface area contributed by atoms with Crippen LogP contribution in [0.4, 0.5) is 0 Å². The molecule has 5 nitrogen and oxygen atoms in total. The molecule has 0 aromatic rings. The molecule has 0 saturated heterocycles. The molecular formula is C46H98N2O3+2. The molecule has 0 heterocycles. The zero-order chi connectivity index (χ0) is 37.7. The van der Waals surface area contributed by atoms with Crippen molar-refractivity contribution in [2.45, 2.75) is 232 Å². The van der Waals surface area contributed by atoms with Crippen molar-refractivity contribution >= 4 is 0 Å². The summed E-state index contributed by atoms with van der Waals surface area (Å²) in [5.74, 6) is 0. The first-order chi connectivity index (χ1) is 24.6. The molecule has 0 fully saturated rings. The van der Waals surface area contributed by atoms with Crippen LogP contribution in [0.1, 0.15) is 219 Å². The van der Waals surface area contributed by atoms with Gasteiger partial charge >= 0.3 is 0 Å². The lowest BCUT2D eigenvalue weighted by Gasteiger charge is -2.33. The van der Waals surface area contributed by atoms with Gasteiger partial charge in [-0.05, 0) is 25.7 Å². The van der Waals surface area contributed by atoms with Gasteiger partial charge in [-0.15, -0.1) is 0 Å². The predicted molar refractivity (Wildman–Crippen MR) is 226 cm³/mol. The number of hydrogen-bond donors (Lipinski definition) is 2. The highest BCUT2D eigenvalue weighted by molar-refractivity contribution is 4.58. The predicted octanol–water partition coefficient (Wildman–Crippen LogP) is 12.4. The molecule has 0 amide bonds. The topological polar surface area (TPSA) is 49.7 Å². The number of hydrogen-bond acceptors (Lipinski definition) is 3. The van der Waals surface area contributed by atoms with E-state index in [9.17, 15) is 10.2 Å². The van der Waals surface area contributed by atoms with E-state index in [4.69, 9.17) is 4.74 Å². The fraction of sp³-hybridized carbons (Fsp3) is 1.00. The maximum absolute atomic E-state index is 10.6. The Balaban J connectivity index is 3.66. The Morgan fingerprint density at radius 1 is 0.333 bits per heavy atom. The summed E-state index contributed by atoms with van der Waals surface area (Å²) in [5, 5.41) is 21.3. The van der Waals surface area contributed by atoms with Gasteiger partial charge in [0.15, 0.2) is 0 Å². The third-order valence-corrected chi connectivity index (χ3v) is 11.3. The summed E-state index contributed by atoms with van der Waals surface area (Å²) in [5.41, 5.74) is 0. The number of quaternary nitrogens is 2. The van der Waals surface area contributed by atoms with E-state index >= 15 is 0 Å². The monoisotopic (exact) mass is 727 g/mol. The molecule has 0 spiro atoms. The molecule has 0 aromatic carbocycles. The molecule has 308 valence electrons. The lowest BCUT2D eigenvalue weighted by atomic mass is 10.0. The molecule has 2 unspecified atom stereocenters. The molecule has 51 heavy (non-hydrogen) atoms. The number of rotatable bonds is 42. The highest BCUT2D eigenvalue weighted by Crippen LogP contribution is 2.16. The van der Waals surface area contributed by atoms with E-state index in [2.05, 4.69) is 42.0 Å². The second kappa shape index (κ2) is 36.8. The largest absolute Gasteiger partial charge is 0.385 e. The van der Waals surface area contributed by atoms with Crippen LogP contribution in [-0.2, 0) is 4.74 Å². The molecule has 0 aromatic heterocycles. The van der Waals surface area contributed by atoms with E-state index in [1.807, 2.05) is 0 Å². The van der Waals surface area contributed by atoms with Crippen molar-refractivity contribution in [1.82, 2.24) is 0 Å².